The van der Waals surface area contributed by atoms with Crippen molar-refractivity contribution in [2.75, 3.05) is 0 Å². The van der Waals surface area contributed by atoms with Crippen LogP contribution in [0.1, 0.15) is 22.5 Å². The molecule has 0 atom stereocenters. The van der Waals surface area contributed by atoms with Crippen LogP contribution in [0.2, 0.25) is 0 Å². The molecule has 4 aromatic rings. The van der Waals surface area contributed by atoms with Gasteiger partial charge in [0.25, 0.3) is 0 Å². The van der Waals surface area contributed by atoms with Gasteiger partial charge >= 0.3 is 6.18 Å². The lowest BCUT2D eigenvalue weighted by Crippen LogP contribution is -2.21. The molecule has 0 saturated heterocycles. The number of hydrogen-bond acceptors (Lipinski definition) is 4. The van der Waals surface area contributed by atoms with Crippen LogP contribution < -0.4 is 0 Å². The van der Waals surface area contributed by atoms with E-state index in [4.69, 9.17) is 0 Å². The average Bonchev–Trinajstić information content (AvgIpc) is 3.24. The Hall–Kier alpha value is -4.08. The molecule has 34 heavy (non-hydrogen) atoms. The second kappa shape index (κ2) is 8.36. The lowest BCUT2D eigenvalue weighted by molar-refractivity contribution is -0.137. The van der Waals surface area contributed by atoms with E-state index in [1.54, 1.807) is 23.5 Å². The first kappa shape index (κ1) is 21.7. The highest BCUT2D eigenvalue weighted by molar-refractivity contribution is 5.80. The van der Waals surface area contributed by atoms with Gasteiger partial charge in [-0.1, -0.05) is 24.3 Å². The third kappa shape index (κ3) is 4.26. The maximum absolute atomic E-state index is 14.1. The van der Waals surface area contributed by atoms with Crippen molar-refractivity contribution < 1.29 is 22.0 Å². The number of alkyl halides is 3. The quantitative estimate of drug-likeness (QED) is 0.385. The smallest absolute Gasteiger partial charge is 0.340 e. The van der Waals surface area contributed by atoms with E-state index in [9.17, 15) is 22.0 Å². The molecule has 5 rings (SSSR count). The van der Waals surface area contributed by atoms with E-state index in [0.29, 0.717) is 35.7 Å². The summed E-state index contributed by atoms with van der Waals surface area (Å²) in [7, 11) is 0. The number of pyridine rings is 1. The van der Waals surface area contributed by atoms with Crippen molar-refractivity contribution in [3.63, 3.8) is 0 Å². The number of aromatic amines is 1. The monoisotopic (exact) mass is 469 g/mol. The Kier molecular flexibility index (Phi) is 5.35. The van der Waals surface area contributed by atoms with Crippen molar-refractivity contribution in [2.45, 2.75) is 19.3 Å². The van der Waals surface area contributed by atoms with Crippen LogP contribution in [-0.4, -0.2) is 26.2 Å². The van der Waals surface area contributed by atoms with E-state index < -0.39 is 23.4 Å². The number of benzene rings is 2. The molecular weight excluding hydrogens is 453 g/mol. The van der Waals surface area contributed by atoms with Gasteiger partial charge in [-0.3, -0.25) is 9.99 Å². The lowest BCUT2D eigenvalue weighted by atomic mass is 10.1. The number of nitrogens with zero attached hydrogens (tertiary/aromatic N) is 4. The van der Waals surface area contributed by atoms with Crippen LogP contribution in [0.5, 0.6) is 0 Å². The van der Waals surface area contributed by atoms with E-state index >= 15 is 0 Å². The number of hydrogen-bond donors (Lipinski definition) is 1. The number of imidazole rings is 1. The third-order valence-electron chi connectivity index (χ3n) is 5.40. The van der Waals surface area contributed by atoms with Crippen LogP contribution in [0.15, 0.2) is 65.9 Å². The van der Waals surface area contributed by atoms with Gasteiger partial charge in [-0.2, -0.15) is 18.3 Å². The molecule has 0 spiro atoms. The zero-order valence-electron chi connectivity index (χ0n) is 17.4. The molecule has 1 N–H and O–H groups in total. The Morgan fingerprint density at radius 3 is 2.47 bits per heavy atom. The highest BCUT2D eigenvalue weighted by Crippen LogP contribution is 2.31. The molecule has 172 valence electrons. The van der Waals surface area contributed by atoms with E-state index in [-0.39, 0.29) is 11.4 Å². The molecular formula is C24H16F5N5. The molecule has 3 heterocycles. The molecule has 2 aromatic heterocycles. The Morgan fingerprint density at radius 1 is 0.971 bits per heavy atom. The van der Waals surface area contributed by atoms with Gasteiger partial charge in [0, 0.05) is 11.8 Å². The van der Waals surface area contributed by atoms with Crippen molar-refractivity contribution >= 4 is 6.21 Å². The van der Waals surface area contributed by atoms with E-state index in [1.807, 2.05) is 6.07 Å². The number of fused-ring (bicyclic) bond motifs is 1. The molecule has 0 aliphatic carbocycles. The van der Waals surface area contributed by atoms with Crippen molar-refractivity contribution in [3.05, 3.63) is 94.9 Å². The summed E-state index contributed by atoms with van der Waals surface area (Å²) in [6, 6.07) is 12.3. The molecule has 10 heteroatoms. The number of H-pyrrole nitrogens is 1. The van der Waals surface area contributed by atoms with Crippen molar-refractivity contribution in [1.29, 1.82) is 0 Å². The minimum Gasteiger partial charge on any atom is -0.340 e. The summed E-state index contributed by atoms with van der Waals surface area (Å²) in [5, 5.41) is 6.10. The summed E-state index contributed by atoms with van der Waals surface area (Å²) >= 11 is 0. The fourth-order valence-corrected chi connectivity index (χ4v) is 3.65. The van der Waals surface area contributed by atoms with Crippen molar-refractivity contribution in [3.8, 4) is 22.6 Å². The Bertz CT molecular complexity index is 1360. The van der Waals surface area contributed by atoms with Gasteiger partial charge in [0.15, 0.2) is 11.6 Å². The minimum atomic E-state index is -4.38. The molecule has 1 aliphatic rings. The predicted molar refractivity (Wildman–Crippen MR) is 115 cm³/mol. The van der Waals surface area contributed by atoms with Crippen LogP contribution in [0, 0.1) is 11.6 Å². The van der Waals surface area contributed by atoms with Crippen LogP contribution >= 0.6 is 0 Å². The fourth-order valence-electron chi connectivity index (χ4n) is 3.65. The maximum Gasteiger partial charge on any atom is 0.416 e. The van der Waals surface area contributed by atoms with Gasteiger partial charge in [-0.05, 0) is 35.9 Å². The Morgan fingerprint density at radius 2 is 1.76 bits per heavy atom. The van der Waals surface area contributed by atoms with Gasteiger partial charge < -0.3 is 4.98 Å². The zero-order valence-corrected chi connectivity index (χ0v) is 17.4. The van der Waals surface area contributed by atoms with E-state index in [0.717, 1.165) is 23.8 Å². The van der Waals surface area contributed by atoms with Gasteiger partial charge in [0.05, 0.1) is 41.8 Å². The van der Waals surface area contributed by atoms with E-state index in [2.05, 4.69) is 20.1 Å². The SMILES string of the molecule is Fc1cccc(-c2nc3c([nH]2)CN(Cc2ccc(-c4ccc(C(F)(F)F)cc4)nc2)N=C3)c1F. The Labute approximate surface area is 190 Å². The van der Waals surface area contributed by atoms with Gasteiger partial charge in [0.1, 0.15) is 11.5 Å². The largest absolute Gasteiger partial charge is 0.416 e. The van der Waals surface area contributed by atoms with Crippen LogP contribution in [-0.2, 0) is 19.3 Å². The molecule has 0 fully saturated rings. The number of hydrazone groups is 1. The lowest BCUT2D eigenvalue weighted by Gasteiger charge is -2.21. The zero-order chi connectivity index (χ0) is 23.9. The van der Waals surface area contributed by atoms with Gasteiger partial charge in [-0.25, -0.2) is 13.8 Å². The second-order valence-electron chi connectivity index (χ2n) is 7.74. The molecule has 1 aliphatic heterocycles. The minimum absolute atomic E-state index is 0.0393. The first-order chi connectivity index (χ1) is 16.3. The normalized spacial score (nSPS) is 13.3. The summed E-state index contributed by atoms with van der Waals surface area (Å²) in [5.74, 6) is -1.70. The Balaban J connectivity index is 1.28. The summed E-state index contributed by atoms with van der Waals surface area (Å²) in [6.07, 6.45) is -1.20. The standard InChI is InChI=1S/C24H16F5N5/c25-18-3-1-2-17(22(18)26)23-32-20-11-31-34(13-21(20)33-23)12-14-4-9-19(30-10-14)15-5-7-16(8-6-15)24(27,28)29/h1-11H,12-13H2,(H,32,33). The number of rotatable bonds is 4. The van der Waals surface area contributed by atoms with Crippen molar-refractivity contribution in [2.24, 2.45) is 5.10 Å². The highest BCUT2D eigenvalue weighted by atomic mass is 19.4. The first-order valence-electron chi connectivity index (χ1n) is 10.2. The molecule has 0 unspecified atom stereocenters. The summed E-state index contributed by atoms with van der Waals surface area (Å²) < 4.78 is 65.9. The molecule has 0 bridgehead atoms. The third-order valence-corrected chi connectivity index (χ3v) is 5.40. The summed E-state index contributed by atoms with van der Waals surface area (Å²) in [6.45, 7) is 0.787. The maximum atomic E-state index is 14.1. The van der Waals surface area contributed by atoms with Crippen molar-refractivity contribution in [1.82, 2.24) is 20.0 Å². The highest BCUT2D eigenvalue weighted by Gasteiger charge is 2.30. The molecule has 5 nitrogen and oxygen atoms in total. The molecule has 2 aromatic carbocycles. The van der Waals surface area contributed by atoms with Crippen LogP contribution in [0.25, 0.3) is 22.6 Å². The second-order valence-corrected chi connectivity index (χ2v) is 7.74. The summed E-state index contributed by atoms with van der Waals surface area (Å²) in [4.78, 5) is 11.7. The van der Waals surface area contributed by atoms with Crippen LogP contribution in [0.4, 0.5) is 22.0 Å². The van der Waals surface area contributed by atoms with Gasteiger partial charge in [0.2, 0.25) is 0 Å². The van der Waals surface area contributed by atoms with E-state index in [1.165, 1.54) is 24.3 Å². The summed E-state index contributed by atoms with van der Waals surface area (Å²) in [5.41, 5.74) is 2.56. The average molecular weight is 469 g/mol. The number of nitrogens with one attached hydrogen (secondary N) is 1. The molecule has 0 radical (unpaired) electrons. The number of halogens is 5. The fraction of sp³-hybridized carbons (Fsp3) is 0.125. The first-order valence-corrected chi connectivity index (χ1v) is 10.2. The number of aromatic nitrogens is 3. The molecule has 0 saturated carbocycles. The predicted octanol–water partition coefficient (Wildman–Crippen LogP) is 5.79. The topological polar surface area (TPSA) is 57.2 Å². The van der Waals surface area contributed by atoms with Crippen LogP contribution in [0.3, 0.4) is 0 Å². The molecule has 0 amide bonds. The van der Waals surface area contributed by atoms with Gasteiger partial charge in [-0.15, -0.1) is 0 Å².